The summed E-state index contributed by atoms with van der Waals surface area (Å²) in [6, 6.07) is 9.30. The number of hydrogen-bond donors (Lipinski definition) is 1. The SMILES string of the molecule is CC(C)=CCN1CCC(Nc2ccc(I)cc2)CC1. The molecule has 1 saturated heterocycles. The Hall–Kier alpha value is -0.550. The Kier molecular flexibility index (Phi) is 5.70. The lowest BCUT2D eigenvalue weighted by molar-refractivity contribution is 0.240. The molecule has 0 amide bonds. The first-order valence-corrected chi connectivity index (χ1v) is 8.09. The highest BCUT2D eigenvalue weighted by molar-refractivity contribution is 14.1. The minimum atomic E-state index is 0.628. The van der Waals surface area contributed by atoms with Gasteiger partial charge in [-0.15, -0.1) is 0 Å². The molecule has 1 aromatic rings. The molecule has 0 spiro atoms. The van der Waals surface area contributed by atoms with Gasteiger partial charge in [-0.2, -0.15) is 0 Å². The lowest BCUT2D eigenvalue weighted by Crippen LogP contribution is -2.39. The summed E-state index contributed by atoms with van der Waals surface area (Å²) in [5.41, 5.74) is 2.67. The molecule has 0 saturated carbocycles. The van der Waals surface area contributed by atoms with Crippen LogP contribution in [0.3, 0.4) is 0 Å². The van der Waals surface area contributed by atoms with Crippen LogP contribution in [-0.2, 0) is 0 Å². The summed E-state index contributed by atoms with van der Waals surface area (Å²) < 4.78 is 1.29. The molecule has 1 N–H and O–H groups in total. The number of hydrogen-bond acceptors (Lipinski definition) is 2. The number of piperidine rings is 1. The molecule has 1 aliphatic heterocycles. The number of benzene rings is 1. The maximum Gasteiger partial charge on any atom is 0.0343 e. The third-order valence-electron chi connectivity index (χ3n) is 3.56. The van der Waals surface area contributed by atoms with Crippen LogP contribution in [0.4, 0.5) is 5.69 Å². The van der Waals surface area contributed by atoms with Crippen molar-refractivity contribution >= 4 is 28.3 Å². The van der Waals surface area contributed by atoms with Gasteiger partial charge < -0.3 is 5.32 Å². The number of allylic oxidation sites excluding steroid dienone is 1. The van der Waals surface area contributed by atoms with Crippen LogP contribution in [0.1, 0.15) is 26.7 Å². The highest BCUT2D eigenvalue weighted by atomic mass is 127. The Bertz CT molecular complexity index is 413. The molecule has 1 heterocycles. The van der Waals surface area contributed by atoms with E-state index >= 15 is 0 Å². The zero-order valence-corrected chi connectivity index (χ0v) is 14.0. The van der Waals surface area contributed by atoms with Crippen molar-refractivity contribution in [1.82, 2.24) is 4.90 Å². The van der Waals surface area contributed by atoms with E-state index in [4.69, 9.17) is 0 Å². The number of likely N-dealkylation sites (tertiary alicyclic amines) is 1. The fourth-order valence-corrected chi connectivity index (χ4v) is 2.71. The molecule has 0 radical (unpaired) electrons. The predicted molar refractivity (Wildman–Crippen MR) is 91.7 cm³/mol. The molecule has 0 aromatic heterocycles. The maximum atomic E-state index is 3.65. The third-order valence-corrected chi connectivity index (χ3v) is 4.28. The van der Waals surface area contributed by atoms with Crippen LogP contribution < -0.4 is 5.32 Å². The zero-order chi connectivity index (χ0) is 13.7. The molecule has 1 aromatic carbocycles. The second-order valence-electron chi connectivity index (χ2n) is 5.51. The van der Waals surface area contributed by atoms with E-state index in [-0.39, 0.29) is 0 Å². The summed E-state index contributed by atoms with van der Waals surface area (Å²) in [6.45, 7) is 7.85. The number of nitrogens with zero attached hydrogens (tertiary/aromatic N) is 1. The van der Waals surface area contributed by atoms with Gasteiger partial charge in [0, 0.05) is 34.9 Å². The van der Waals surface area contributed by atoms with E-state index in [2.05, 4.69) is 77.0 Å². The lowest BCUT2D eigenvalue weighted by Gasteiger charge is -2.32. The Morgan fingerprint density at radius 1 is 1.26 bits per heavy atom. The molecule has 2 rings (SSSR count). The topological polar surface area (TPSA) is 15.3 Å². The maximum absolute atomic E-state index is 3.65. The van der Waals surface area contributed by atoms with Crippen LogP contribution in [0.5, 0.6) is 0 Å². The molecule has 19 heavy (non-hydrogen) atoms. The van der Waals surface area contributed by atoms with Gasteiger partial charge in [0.2, 0.25) is 0 Å². The number of nitrogens with one attached hydrogen (secondary N) is 1. The van der Waals surface area contributed by atoms with Gasteiger partial charge in [-0.25, -0.2) is 0 Å². The van der Waals surface area contributed by atoms with E-state index in [1.807, 2.05) is 0 Å². The second kappa shape index (κ2) is 7.29. The van der Waals surface area contributed by atoms with Crippen molar-refractivity contribution < 1.29 is 0 Å². The van der Waals surface area contributed by atoms with Crippen LogP contribution in [0.15, 0.2) is 35.9 Å². The summed E-state index contributed by atoms with van der Waals surface area (Å²) >= 11 is 2.34. The van der Waals surface area contributed by atoms with E-state index in [9.17, 15) is 0 Å². The van der Waals surface area contributed by atoms with Crippen molar-refractivity contribution in [3.8, 4) is 0 Å². The standard InChI is InChI=1S/C16H23IN2/c1-13(2)7-10-19-11-8-16(9-12-19)18-15-5-3-14(17)4-6-15/h3-7,16,18H,8-12H2,1-2H3. The molecule has 1 fully saturated rings. The molecular formula is C16H23IN2. The first-order valence-electron chi connectivity index (χ1n) is 7.01. The van der Waals surface area contributed by atoms with Crippen molar-refractivity contribution in [3.05, 3.63) is 39.5 Å². The van der Waals surface area contributed by atoms with Gasteiger partial charge in [0.15, 0.2) is 0 Å². The quantitative estimate of drug-likeness (QED) is 0.633. The molecule has 0 atom stereocenters. The number of anilines is 1. The highest BCUT2D eigenvalue weighted by Gasteiger charge is 2.17. The minimum absolute atomic E-state index is 0.628. The van der Waals surface area contributed by atoms with E-state index in [0.717, 1.165) is 6.54 Å². The van der Waals surface area contributed by atoms with Gasteiger partial charge in [0.1, 0.15) is 0 Å². The normalized spacial score (nSPS) is 17.2. The Morgan fingerprint density at radius 3 is 2.47 bits per heavy atom. The van der Waals surface area contributed by atoms with E-state index in [1.165, 1.54) is 40.8 Å². The summed E-state index contributed by atoms with van der Waals surface area (Å²) in [6.07, 6.45) is 4.80. The van der Waals surface area contributed by atoms with E-state index in [1.54, 1.807) is 0 Å². The monoisotopic (exact) mass is 370 g/mol. The summed E-state index contributed by atoms with van der Waals surface area (Å²) in [4.78, 5) is 2.54. The van der Waals surface area contributed by atoms with Gasteiger partial charge in [-0.05, 0) is 73.5 Å². The minimum Gasteiger partial charge on any atom is -0.382 e. The molecule has 104 valence electrons. The number of halogens is 1. The summed E-state index contributed by atoms with van der Waals surface area (Å²) in [5, 5.41) is 3.65. The zero-order valence-electron chi connectivity index (χ0n) is 11.8. The molecular weight excluding hydrogens is 347 g/mol. The Morgan fingerprint density at radius 2 is 1.89 bits per heavy atom. The van der Waals surface area contributed by atoms with Gasteiger partial charge in [-0.3, -0.25) is 4.90 Å². The average Bonchev–Trinajstić information content (AvgIpc) is 2.40. The van der Waals surface area contributed by atoms with Gasteiger partial charge in [0.05, 0.1) is 0 Å². The third kappa shape index (κ3) is 5.15. The molecule has 3 heteroatoms. The van der Waals surface area contributed by atoms with Crippen molar-refractivity contribution in [3.63, 3.8) is 0 Å². The lowest BCUT2D eigenvalue weighted by atomic mass is 10.0. The number of rotatable bonds is 4. The molecule has 2 nitrogen and oxygen atoms in total. The van der Waals surface area contributed by atoms with Crippen molar-refractivity contribution in [2.75, 3.05) is 25.0 Å². The van der Waals surface area contributed by atoms with Crippen molar-refractivity contribution in [1.29, 1.82) is 0 Å². The highest BCUT2D eigenvalue weighted by Crippen LogP contribution is 2.17. The second-order valence-corrected chi connectivity index (χ2v) is 6.75. The molecule has 0 bridgehead atoms. The summed E-state index contributed by atoms with van der Waals surface area (Å²) in [5.74, 6) is 0. The Labute approximate surface area is 130 Å². The van der Waals surface area contributed by atoms with E-state index in [0.29, 0.717) is 6.04 Å². The van der Waals surface area contributed by atoms with Crippen LogP contribution in [-0.4, -0.2) is 30.6 Å². The smallest absolute Gasteiger partial charge is 0.0343 e. The van der Waals surface area contributed by atoms with Gasteiger partial charge in [-0.1, -0.05) is 11.6 Å². The van der Waals surface area contributed by atoms with Crippen LogP contribution >= 0.6 is 22.6 Å². The molecule has 1 aliphatic rings. The predicted octanol–water partition coefficient (Wildman–Crippen LogP) is 4.13. The van der Waals surface area contributed by atoms with Crippen LogP contribution in [0.25, 0.3) is 0 Å². The average molecular weight is 370 g/mol. The molecule has 0 aliphatic carbocycles. The summed E-state index contributed by atoms with van der Waals surface area (Å²) in [7, 11) is 0. The largest absolute Gasteiger partial charge is 0.382 e. The Balaban J connectivity index is 1.77. The first-order chi connectivity index (χ1) is 9.13. The van der Waals surface area contributed by atoms with Crippen molar-refractivity contribution in [2.24, 2.45) is 0 Å². The van der Waals surface area contributed by atoms with Gasteiger partial charge in [0.25, 0.3) is 0 Å². The fraction of sp³-hybridized carbons (Fsp3) is 0.500. The van der Waals surface area contributed by atoms with Crippen LogP contribution in [0, 0.1) is 3.57 Å². The molecule has 0 unspecified atom stereocenters. The fourth-order valence-electron chi connectivity index (χ4n) is 2.35. The first kappa shape index (κ1) is 14.9. The van der Waals surface area contributed by atoms with Crippen LogP contribution in [0.2, 0.25) is 0 Å². The van der Waals surface area contributed by atoms with Gasteiger partial charge >= 0.3 is 0 Å². The van der Waals surface area contributed by atoms with E-state index < -0.39 is 0 Å². The van der Waals surface area contributed by atoms with Crippen molar-refractivity contribution in [2.45, 2.75) is 32.7 Å².